The van der Waals surface area contributed by atoms with Crippen molar-refractivity contribution < 1.29 is 4.74 Å². The van der Waals surface area contributed by atoms with E-state index in [4.69, 9.17) is 10.5 Å². The number of hydrogen-bond donors (Lipinski definition) is 2. The third kappa shape index (κ3) is 2.32. The van der Waals surface area contributed by atoms with Crippen LogP contribution in [0.2, 0.25) is 0 Å². The Morgan fingerprint density at radius 1 is 1.50 bits per heavy atom. The van der Waals surface area contributed by atoms with Crippen molar-refractivity contribution in [3.8, 4) is 0 Å². The lowest BCUT2D eigenvalue weighted by molar-refractivity contribution is -0.103. The Morgan fingerprint density at radius 3 is 2.69 bits per heavy atom. The molecule has 0 amide bonds. The molecular formula is C12H23N3O. The van der Waals surface area contributed by atoms with Crippen LogP contribution in [0.3, 0.4) is 0 Å². The summed E-state index contributed by atoms with van der Waals surface area (Å²) < 4.78 is 5.67. The van der Waals surface area contributed by atoms with Gasteiger partial charge in [-0.05, 0) is 26.2 Å². The van der Waals surface area contributed by atoms with Crippen molar-refractivity contribution in [1.82, 2.24) is 5.32 Å². The lowest BCUT2D eigenvalue weighted by Gasteiger charge is -2.49. The normalized spacial score (nSPS) is 33.3. The Bertz CT molecular complexity index is 284. The minimum atomic E-state index is 0.117. The second-order valence-corrected chi connectivity index (χ2v) is 5.45. The maximum Gasteiger partial charge on any atom is 0.189 e. The van der Waals surface area contributed by atoms with Crippen LogP contribution in [0.4, 0.5) is 0 Å². The molecule has 4 heteroatoms. The molecule has 2 rings (SSSR count). The van der Waals surface area contributed by atoms with Gasteiger partial charge in [-0.2, -0.15) is 0 Å². The van der Waals surface area contributed by atoms with Crippen LogP contribution in [-0.2, 0) is 4.74 Å². The molecule has 4 nitrogen and oxygen atoms in total. The van der Waals surface area contributed by atoms with Crippen LogP contribution in [0, 0.1) is 5.41 Å². The fourth-order valence-corrected chi connectivity index (χ4v) is 2.21. The number of nitrogens with zero attached hydrogens (tertiary/aromatic N) is 1. The van der Waals surface area contributed by atoms with Crippen molar-refractivity contribution in [3.05, 3.63) is 0 Å². The molecule has 0 bridgehead atoms. The number of guanidine groups is 1. The van der Waals surface area contributed by atoms with Gasteiger partial charge in [-0.25, -0.2) is 4.99 Å². The van der Waals surface area contributed by atoms with Crippen LogP contribution in [0.5, 0.6) is 0 Å². The molecule has 0 radical (unpaired) electrons. The van der Waals surface area contributed by atoms with Gasteiger partial charge in [0.1, 0.15) is 0 Å². The Balaban J connectivity index is 1.86. The van der Waals surface area contributed by atoms with Crippen LogP contribution in [0.25, 0.3) is 0 Å². The summed E-state index contributed by atoms with van der Waals surface area (Å²) in [5.74, 6) is 0.607. The number of nitrogens with two attached hydrogens (primary N) is 1. The van der Waals surface area contributed by atoms with Gasteiger partial charge in [0.25, 0.3) is 0 Å². The maximum absolute atomic E-state index is 5.86. The Labute approximate surface area is 97.6 Å². The SMILES string of the molecule is CCOC1CC(N=C(N)NC2CC2)C1(C)C. The zero-order chi connectivity index (χ0) is 11.8. The van der Waals surface area contributed by atoms with Crippen molar-refractivity contribution in [2.24, 2.45) is 16.1 Å². The molecule has 2 aliphatic rings. The van der Waals surface area contributed by atoms with Gasteiger partial charge in [0.2, 0.25) is 0 Å². The zero-order valence-corrected chi connectivity index (χ0v) is 10.5. The van der Waals surface area contributed by atoms with E-state index in [0.717, 1.165) is 13.0 Å². The number of nitrogens with one attached hydrogen (secondary N) is 1. The highest BCUT2D eigenvalue weighted by Gasteiger charge is 2.49. The van der Waals surface area contributed by atoms with E-state index in [1.807, 2.05) is 6.92 Å². The first-order valence-corrected chi connectivity index (χ1v) is 6.25. The van der Waals surface area contributed by atoms with Gasteiger partial charge < -0.3 is 15.8 Å². The average molecular weight is 225 g/mol. The first-order chi connectivity index (χ1) is 7.54. The smallest absolute Gasteiger partial charge is 0.189 e. The molecule has 0 aromatic rings. The summed E-state index contributed by atoms with van der Waals surface area (Å²) in [6.45, 7) is 7.22. The first kappa shape index (κ1) is 11.7. The largest absolute Gasteiger partial charge is 0.378 e. The molecule has 2 atom stereocenters. The predicted molar refractivity (Wildman–Crippen MR) is 65.4 cm³/mol. The summed E-state index contributed by atoms with van der Waals surface area (Å²) in [5, 5.41) is 3.22. The van der Waals surface area contributed by atoms with E-state index in [-0.39, 0.29) is 5.41 Å². The van der Waals surface area contributed by atoms with E-state index in [0.29, 0.717) is 24.1 Å². The molecule has 2 saturated carbocycles. The molecule has 0 saturated heterocycles. The lowest BCUT2D eigenvalue weighted by atomic mass is 9.65. The van der Waals surface area contributed by atoms with Crippen LogP contribution < -0.4 is 11.1 Å². The monoisotopic (exact) mass is 225 g/mol. The number of aliphatic imine (C=N–C) groups is 1. The van der Waals surface area contributed by atoms with E-state index in [1.165, 1.54) is 12.8 Å². The molecule has 0 spiro atoms. The molecule has 0 aromatic heterocycles. The van der Waals surface area contributed by atoms with Crippen molar-refractivity contribution in [1.29, 1.82) is 0 Å². The van der Waals surface area contributed by atoms with E-state index in [2.05, 4.69) is 24.2 Å². The molecule has 2 unspecified atom stereocenters. The van der Waals surface area contributed by atoms with Crippen molar-refractivity contribution in [2.45, 2.75) is 58.2 Å². The van der Waals surface area contributed by atoms with Crippen molar-refractivity contribution >= 4 is 5.96 Å². The highest BCUT2D eigenvalue weighted by Crippen LogP contribution is 2.44. The third-order valence-corrected chi connectivity index (χ3v) is 3.72. The van der Waals surface area contributed by atoms with Crippen molar-refractivity contribution in [2.75, 3.05) is 6.61 Å². The van der Waals surface area contributed by atoms with Crippen LogP contribution in [0.15, 0.2) is 4.99 Å². The summed E-state index contributed by atoms with van der Waals surface area (Å²) in [6, 6.07) is 0.880. The first-order valence-electron chi connectivity index (χ1n) is 6.25. The predicted octanol–water partition coefficient (Wildman–Crippen LogP) is 1.26. The van der Waals surface area contributed by atoms with Crippen molar-refractivity contribution in [3.63, 3.8) is 0 Å². The van der Waals surface area contributed by atoms with Gasteiger partial charge in [-0.1, -0.05) is 13.8 Å². The van der Waals surface area contributed by atoms with Gasteiger partial charge in [-0.3, -0.25) is 0 Å². The standard InChI is InChI=1S/C12H23N3O/c1-4-16-10-7-9(12(10,2)3)15-11(13)14-8-5-6-8/h8-10H,4-7H2,1-3H3,(H3,13,14,15). The molecule has 92 valence electrons. The zero-order valence-electron chi connectivity index (χ0n) is 10.5. The molecule has 2 fully saturated rings. The van der Waals surface area contributed by atoms with Crippen LogP contribution in [-0.4, -0.2) is 30.8 Å². The number of rotatable bonds is 4. The van der Waals surface area contributed by atoms with Gasteiger partial charge in [0.05, 0.1) is 12.1 Å². The maximum atomic E-state index is 5.86. The van der Waals surface area contributed by atoms with Crippen LogP contribution >= 0.6 is 0 Å². The van der Waals surface area contributed by atoms with E-state index >= 15 is 0 Å². The lowest BCUT2D eigenvalue weighted by Crippen LogP contribution is -2.54. The Kier molecular flexibility index (Phi) is 3.10. The second kappa shape index (κ2) is 4.24. The molecule has 0 heterocycles. The topological polar surface area (TPSA) is 59.6 Å². The summed E-state index contributed by atoms with van der Waals surface area (Å²) >= 11 is 0. The average Bonchev–Trinajstić information content (AvgIpc) is 3.00. The van der Waals surface area contributed by atoms with E-state index in [1.54, 1.807) is 0 Å². The number of hydrogen-bond acceptors (Lipinski definition) is 2. The molecular weight excluding hydrogens is 202 g/mol. The summed E-state index contributed by atoms with van der Waals surface area (Å²) in [6.07, 6.45) is 3.78. The molecule has 0 aliphatic heterocycles. The van der Waals surface area contributed by atoms with Gasteiger partial charge >= 0.3 is 0 Å². The van der Waals surface area contributed by atoms with Gasteiger partial charge in [0.15, 0.2) is 5.96 Å². The molecule has 16 heavy (non-hydrogen) atoms. The van der Waals surface area contributed by atoms with Gasteiger partial charge in [0, 0.05) is 18.1 Å². The van der Waals surface area contributed by atoms with Gasteiger partial charge in [-0.15, -0.1) is 0 Å². The highest BCUT2D eigenvalue weighted by atomic mass is 16.5. The Hall–Kier alpha value is -0.770. The Morgan fingerprint density at radius 2 is 2.19 bits per heavy atom. The molecule has 0 aromatic carbocycles. The molecule has 3 N–H and O–H groups in total. The summed E-state index contributed by atoms with van der Waals surface area (Å²) in [5.41, 5.74) is 5.98. The fourth-order valence-electron chi connectivity index (χ4n) is 2.21. The highest BCUT2D eigenvalue weighted by molar-refractivity contribution is 5.78. The number of ether oxygens (including phenoxy) is 1. The second-order valence-electron chi connectivity index (χ2n) is 5.45. The minimum absolute atomic E-state index is 0.117. The quantitative estimate of drug-likeness (QED) is 0.559. The summed E-state index contributed by atoms with van der Waals surface area (Å²) in [7, 11) is 0. The fraction of sp³-hybridized carbons (Fsp3) is 0.917. The van der Waals surface area contributed by atoms with E-state index < -0.39 is 0 Å². The molecule has 2 aliphatic carbocycles. The van der Waals surface area contributed by atoms with E-state index in [9.17, 15) is 0 Å². The minimum Gasteiger partial charge on any atom is -0.378 e. The third-order valence-electron chi connectivity index (χ3n) is 3.72. The van der Waals surface area contributed by atoms with Crippen LogP contribution in [0.1, 0.15) is 40.0 Å². The summed E-state index contributed by atoms with van der Waals surface area (Å²) in [4.78, 5) is 4.55.